The van der Waals surface area contributed by atoms with Crippen molar-refractivity contribution in [1.29, 1.82) is 0 Å². The molecule has 1 unspecified atom stereocenters. The van der Waals surface area contributed by atoms with Crippen LogP contribution in [-0.4, -0.2) is 29.9 Å². The highest BCUT2D eigenvalue weighted by Gasteiger charge is 2.26. The second kappa shape index (κ2) is 6.60. The Bertz CT molecular complexity index is 445. The summed E-state index contributed by atoms with van der Waals surface area (Å²) in [4.78, 5) is 14.3. The van der Waals surface area contributed by atoms with E-state index < -0.39 is 0 Å². The molecule has 2 N–H and O–H groups in total. The number of likely N-dealkylation sites (tertiary alicyclic amines) is 1. The van der Waals surface area contributed by atoms with Gasteiger partial charge in [-0.15, -0.1) is 0 Å². The average molecular weight is 301 g/mol. The van der Waals surface area contributed by atoms with Crippen LogP contribution in [0.5, 0.6) is 0 Å². The first kappa shape index (κ1) is 14.6. The Morgan fingerprint density at radius 3 is 2.63 bits per heavy atom. The number of amides is 1. The Labute approximate surface area is 123 Å². The molecule has 0 aromatic heterocycles. The third-order valence-corrected chi connectivity index (χ3v) is 4.32. The van der Waals surface area contributed by atoms with E-state index in [4.69, 9.17) is 28.9 Å². The van der Waals surface area contributed by atoms with Gasteiger partial charge < -0.3 is 10.6 Å². The minimum Gasteiger partial charge on any atom is -0.338 e. The first-order chi connectivity index (χ1) is 9.13. The third kappa shape index (κ3) is 3.41. The molecule has 0 spiro atoms. The van der Waals surface area contributed by atoms with E-state index in [0.717, 1.165) is 25.8 Å². The molecule has 5 heteroatoms. The minimum atomic E-state index is 0.0603. The molecule has 2 rings (SSSR count). The van der Waals surface area contributed by atoms with E-state index in [9.17, 15) is 4.79 Å². The van der Waals surface area contributed by atoms with Crippen LogP contribution in [0.2, 0.25) is 10.0 Å². The van der Waals surface area contributed by atoms with Gasteiger partial charge in [0, 0.05) is 29.2 Å². The lowest BCUT2D eigenvalue weighted by molar-refractivity contribution is -0.133. The molecular weight excluding hydrogens is 283 g/mol. The first-order valence-electron chi connectivity index (χ1n) is 6.56. The molecule has 0 saturated carbocycles. The van der Waals surface area contributed by atoms with Crippen LogP contribution in [0.4, 0.5) is 0 Å². The molecule has 1 aliphatic rings. The molecule has 0 radical (unpaired) electrons. The summed E-state index contributed by atoms with van der Waals surface area (Å²) in [5.74, 6) is 0.0603. The average Bonchev–Trinajstić information content (AvgIpc) is 2.42. The van der Waals surface area contributed by atoms with Crippen LogP contribution in [-0.2, 0) is 11.2 Å². The Morgan fingerprint density at radius 1 is 1.32 bits per heavy atom. The largest absolute Gasteiger partial charge is 0.338 e. The maximum absolute atomic E-state index is 12.4. The summed E-state index contributed by atoms with van der Waals surface area (Å²) in [6.45, 7) is 1.30. The van der Waals surface area contributed by atoms with E-state index in [2.05, 4.69) is 0 Å². The normalized spacial score (nSPS) is 19.5. The minimum absolute atomic E-state index is 0.0603. The van der Waals surface area contributed by atoms with Crippen molar-refractivity contribution in [2.24, 2.45) is 5.73 Å². The standard InChI is InChI=1S/C14H18Cl2N2O/c15-12-5-3-6-13(16)11(12)8-14(19)18-7-2-1-4-10(18)9-17/h3,5-6,10H,1-2,4,7-9,17H2. The van der Waals surface area contributed by atoms with Crippen LogP contribution in [0.15, 0.2) is 18.2 Å². The highest BCUT2D eigenvalue weighted by atomic mass is 35.5. The number of carbonyl (C=O) groups is 1. The lowest BCUT2D eigenvalue weighted by Crippen LogP contribution is -2.48. The zero-order chi connectivity index (χ0) is 13.8. The smallest absolute Gasteiger partial charge is 0.227 e. The quantitative estimate of drug-likeness (QED) is 0.933. The molecule has 1 aliphatic heterocycles. The predicted octanol–water partition coefficient (Wildman–Crippen LogP) is 2.88. The number of nitrogens with two attached hydrogens (primary N) is 1. The Balaban J connectivity index is 2.12. The van der Waals surface area contributed by atoms with Gasteiger partial charge in [0.15, 0.2) is 0 Å². The van der Waals surface area contributed by atoms with Gasteiger partial charge in [-0.3, -0.25) is 4.79 Å². The van der Waals surface area contributed by atoms with Crippen LogP contribution in [0.3, 0.4) is 0 Å². The molecule has 1 aromatic rings. The summed E-state index contributed by atoms with van der Waals surface area (Å²) >= 11 is 12.2. The molecule has 1 fully saturated rings. The topological polar surface area (TPSA) is 46.3 Å². The number of nitrogens with zero attached hydrogens (tertiary/aromatic N) is 1. The molecule has 1 heterocycles. The molecule has 1 aromatic carbocycles. The van der Waals surface area contributed by atoms with Crippen LogP contribution < -0.4 is 5.73 Å². The van der Waals surface area contributed by atoms with Crippen LogP contribution >= 0.6 is 23.2 Å². The lowest BCUT2D eigenvalue weighted by atomic mass is 10.0. The number of rotatable bonds is 3. The maximum Gasteiger partial charge on any atom is 0.227 e. The number of halogens is 2. The third-order valence-electron chi connectivity index (χ3n) is 3.61. The molecule has 104 valence electrons. The molecular formula is C14H18Cl2N2O. The van der Waals surface area contributed by atoms with Crippen molar-refractivity contribution in [3.05, 3.63) is 33.8 Å². The molecule has 0 aliphatic carbocycles. The van der Waals surface area contributed by atoms with Gasteiger partial charge in [-0.25, -0.2) is 0 Å². The predicted molar refractivity (Wildman–Crippen MR) is 78.6 cm³/mol. The number of hydrogen-bond acceptors (Lipinski definition) is 2. The Kier molecular flexibility index (Phi) is 5.08. The molecule has 1 amide bonds. The van der Waals surface area contributed by atoms with Crippen LogP contribution in [0.1, 0.15) is 24.8 Å². The van der Waals surface area contributed by atoms with E-state index in [1.54, 1.807) is 18.2 Å². The molecule has 3 nitrogen and oxygen atoms in total. The summed E-state index contributed by atoms with van der Waals surface area (Å²) in [6.07, 6.45) is 3.41. The van der Waals surface area contributed by atoms with Gasteiger partial charge in [-0.05, 0) is 37.0 Å². The summed E-state index contributed by atoms with van der Waals surface area (Å²) in [5.41, 5.74) is 6.44. The van der Waals surface area contributed by atoms with Gasteiger partial charge in [-0.2, -0.15) is 0 Å². The van der Waals surface area contributed by atoms with Crippen molar-refractivity contribution in [3.8, 4) is 0 Å². The fourth-order valence-electron chi connectivity index (χ4n) is 2.53. The van der Waals surface area contributed by atoms with Crippen molar-refractivity contribution >= 4 is 29.1 Å². The second-order valence-electron chi connectivity index (χ2n) is 4.85. The summed E-state index contributed by atoms with van der Waals surface area (Å²) < 4.78 is 0. The van der Waals surface area contributed by atoms with E-state index >= 15 is 0 Å². The molecule has 1 atom stereocenters. The number of carbonyl (C=O) groups excluding carboxylic acids is 1. The summed E-state index contributed by atoms with van der Waals surface area (Å²) in [5, 5.41) is 1.09. The number of piperidine rings is 1. The van der Waals surface area contributed by atoms with Crippen LogP contribution in [0, 0.1) is 0 Å². The monoisotopic (exact) mass is 300 g/mol. The fourth-order valence-corrected chi connectivity index (χ4v) is 3.06. The number of benzene rings is 1. The van der Waals surface area contributed by atoms with Crippen molar-refractivity contribution in [3.63, 3.8) is 0 Å². The maximum atomic E-state index is 12.4. The molecule has 0 bridgehead atoms. The van der Waals surface area contributed by atoms with Crippen molar-refractivity contribution in [2.75, 3.05) is 13.1 Å². The van der Waals surface area contributed by atoms with E-state index in [1.165, 1.54) is 0 Å². The highest BCUT2D eigenvalue weighted by molar-refractivity contribution is 6.36. The van der Waals surface area contributed by atoms with Gasteiger partial charge in [0.25, 0.3) is 0 Å². The lowest BCUT2D eigenvalue weighted by Gasteiger charge is -2.35. The molecule has 1 saturated heterocycles. The SMILES string of the molecule is NCC1CCCCN1C(=O)Cc1c(Cl)cccc1Cl. The first-order valence-corrected chi connectivity index (χ1v) is 7.31. The fraction of sp³-hybridized carbons (Fsp3) is 0.500. The van der Waals surface area contributed by atoms with Crippen molar-refractivity contribution in [2.45, 2.75) is 31.7 Å². The van der Waals surface area contributed by atoms with Crippen LogP contribution in [0.25, 0.3) is 0 Å². The van der Waals surface area contributed by atoms with Gasteiger partial charge in [0.1, 0.15) is 0 Å². The zero-order valence-corrected chi connectivity index (χ0v) is 12.3. The highest BCUT2D eigenvalue weighted by Crippen LogP contribution is 2.26. The number of hydrogen-bond donors (Lipinski definition) is 1. The van der Waals surface area contributed by atoms with Gasteiger partial charge in [0.2, 0.25) is 5.91 Å². The van der Waals surface area contributed by atoms with E-state index in [0.29, 0.717) is 22.2 Å². The summed E-state index contributed by atoms with van der Waals surface area (Å²) in [7, 11) is 0. The van der Waals surface area contributed by atoms with Gasteiger partial charge in [-0.1, -0.05) is 29.3 Å². The molecule has 19 heavy (non-hydrogen) atoms. The van der Waals surface area contributed by atoms with Gasteiger partial charge in [0.05, 0.1) is 6.42 Å². The van der Waals surface area contributed by atoms with Gasteiger partial charge >= 0.3 is 0 Å². The zero-order valence-electron chi connectivity index (χ0n) is 10.7. The van der Waals surface area contributed by atoms with Crippen molar-refractivity contribution < 1.29 is 4.79 Å². The summed E-state index contributed by atoms with van der Waals surface area (Å²) in [6, 6.07) is 5.45. The van der Waals surface area contributed by atoms with Crippen molar-refractivity contribution in [1.82, 2.24) is 4.90 Å². The van der Waals surface area contributed by atoms with E-state index in [1.807, 2.05) is 4.90 Å². The Hall–Kier alpha value is -0.770. The second-order valence-corrected chi connectivity index (χ2v) is 5.66. The van der Waals surface area contributed by atoms with E-state index in [-0.39, 0.29) is 18.4 Å². The Morgan fingerprint density at radius 2 is 2.00 bits per heavy atom.